The number of ether oxygens (including phenoxy) is 4. The van der Waals surface area contributed by atoms with Gasteiger partial charge in [-0.1, -0.05) is 286 Å². The smallest absolute Gasteiger partial charge is 0.462 e. The lowest BCUT2D eigenvalue weighted by molar-refractivity contribution is -0.161. The first kappa shape index (κ1) is 84.1. The Labute approximate surface area is 524 Å². The Kier molecular flexibility index (Phi) is 58.0. The molecule has 0 aromatic carbocycles. The van der Waals surface area contributed by atoms with Crippen molar-refractivity contribution in [1.29, 1.82) is 0 Å². The fourth-order valence-corrected chi connectivity index (χ4v) is 11.6. The van der Waals surface area contributed by atoms with Crippen molar-refractivity contribution in [3.63, 3.8) is 0 Å². The van der Waals surface area contributed by atoms with Crippen LogP contribution in [0.15, 0.2) is 0 Å². The molecule has 3 N–H and O–H groups in total. The zero-order valence-corrected chi connectivity index (χ0v) is 57.4. The van der Waals surface area contributed by atoms with Gasteiger partial charge in [0.2, 0.25) is 0 Å². The van der Waals surface area contributed by atoms with Gasteiger partial charge in [0.05, 0.1) is 26.4 Å². The molecular weight excluding hydrogens is 1140 g/mol. The fraction of sp³-hybridized carbons (Fsp3) is 0.940. The van der Waals surface area contributed by atoms with Crippen molar-refractivity contribution in [1.82, 2.24) is 0 Å². The van der Waals surface area contributed by atoms with E-state index in [1.807, 2.05) is 0 Å². The number of rotatable bonds is 66. The second kappa shape index (κ2) is 59.4. The van der Waals surface area contributed by atoms with Crippen molar-refractivity contribution in [2.24, 2.45) is 11.8 Å². The van der Waals surface area contributed by atoms with Crippen LogP contribution in [0, 0.1) is 11.8 Å². The monoisotopic (exact) mass is 1270 g/mol. The molecule has 510 valence electrons. The van der Waals surface area contributed by atoms with Crippen LogP contribution < -0.4 is 0 Å². The van der Waals surface area contributed by atoms with E-state index in [0.29, 0.717) is 25.7 Å². The highest BCUT2D eigenvalue weighted by Crippen LogP contribution is 2.45. The molecule has 0 heterocycles. The molecule has 2 unspecified atom stereocenters. The molecule has 0 saturated heterocycles. The van der Waals surface area contributed by atoms with Gasteiger partial charge < -0.3 is 33.8 Å². The van der Waals surface area contributed by atoms with Crippen LogP contribution in [0.2, 0.25) is 0 Å². The molecule has 0 aromatic rings. The number of hydrogen-bond donors (Lipinski definition) is 3. The predicted molar refractivity (Wildman–Crippen MR) is 345 cm³/mol. The van der Waals surface area contributed by atoms with Crippen molar-refractivity contribution in [3.8, 4) is 0 Å². The molecule has 5 atom stereocenters. The second-order valence-electron chi connectivity index (χ2n) is 25.2. The predicted octanol–water partition coefficient (Wildman–Crippen LogP) is 18.8. The van der Waals surface area contributed by atoms with E-state index < -0.39 is 97.5 Å². The highest BCUT2D eigenvalue weighted by molar-refractivity contribution is 7.47. The molecule has 0 aliphatic carbocycles. The van der Waals surface area contributed by atoms with Gasteiger partial charge in [-0.3, -0.25) is 37.3 Å². The van der Waals surface area contributed by atoms with E-state index in [4.69, 9.17) is 37.0 Å². The Balaban J connectivity index is 5.23. The normalized spacial score (nSPS) is 14.2. The molecule has 86 heavy (non-hydrogen) atoms. The first-order chi connectivity index (χ1) is 41.4. The van der Waals surface area contributed by atoms with Crippen LogP contribution in [0.1, 0.15) is 337 Å². The zero-order valence-electron chi connectivity index (χ0n) is 55.6. The van der Waals surface area contributed by atoms with Gasteiger partial charge in [-0.25, -0.2) is 9.13 Å². The molecular formula is C67H130O17P2. The van der Waals surface area contributed by atoms with Crippen LogP contribution in [0.3, 0.4) is 0 Å². The Hall–Kier alpha value is -1.94. The van der Waals surface area contributed by atoms with E-state index in [2.05, 4.69) is 41.5 Å². The highest BCUT2D eigenvalue weighted by Gasteiger charge is 2.30. The summed E-state index contributed by atoms with van der Waals surface area (Å²) in [6.07, 6.45) is 43.0. The topological polar surface area (TPSA) is 237 Å². The Morgan fingerprint density at radius 2 is 0.535 bits per heavy atom. The first-order valence-corrected chi connectivity index (χ1v) is 38.0. The lowest BCUT2D eigenvalue weighted by atomic mass is 10.0. The van der Waals surface area contributed by atoms with Crippen molar-refractivity contribution in [2.45, 2.75) is 355 Å². The number of aliphatic hydroxyl groups is 1. The van der Waals surface area contributed by atoms with Gasteiger partial charge in [-0.2, -0.15) is 0 Å². The summed E-state index contributed by atoms with van der Waals surface area (Å²) >= 11 is 0. The largest absolute Gasteiger partial charge is 0.472 e. The number of phosphoric ester groups is 2. The molecule has 0 amide bonds. The van der Waals surface area contributed by atoms with E-state index in [1.165, 1.54) is 148 Å². The maximum atomic E-state index is 13.0. The molecule has 0 rings (SSSR count). The number of aliphatic hydroxyl groups excluding tert-OH is 1. The van der Waals surface area contributed by atoms with Crippen molar-refractivity contribution >= 4 is 39.5 Å². The van der Waals surface area contributed by atoms with Gasteiger partial charge >= 0.3 is 39.5 Å². The van der Waals surface area contributed by atoms with E-state index in [1.54, 1.807) is 0 Å². The number of carbonyl (C=O) groups is 4. The van der Waals surface area contributed by atoms with E-state index in [0.717, 1.165) is 108 Å². The van der Waals surface area contributed by atoms with Crippen molar-refractivity contribution < 1.29 is 80.2 Å². The molecule has 0 spiro atoms. The summed E-state index contributed by atoms with van der Waals surface area (Å²) in [4.78, 5) is 72.3. The molecule has 0 saturated carbocycles. The second-order valence-corrected chi connectivity index (χ2v) is 28.1. The third kappa shape index (κ3) is 60.9. The van der Waals surface area contributed by atoms with Crippen LogP contribution in [0.25, 0.3) is 0 Å². The minimum absolute atomic E-state index is 0.106. The number of carbonyl (C=O) groups excluding carboxylic acids is 4. The third-order valence-electron chi connectivity index (χ3n) is 15.5. The Bertz CT molecular complexity index is 1680. The summed E-state index contributed by atoms with van der Waals surface area (Å²) < 4.78 is 68.1. The molecule has 0 aliphatic rings. The van der Waals surface area contributed by atoms with Crippen LogP contribution in [-0.2, 0) is 65.4 Å². The maximum absolute atomic E-state index is 13.0. The van der Waals surface area contributed by atoms with Crippen LogP contribution >= 0.6 is 15.6 Å². The van der Waals surface area contributed by atoms with Crippen LogP contribution in [0.5, 0.6) is 0 Å². The molecule has 19 heteroatoms. The number of unbranched alkanes of at least 4 members (excludes halogenated alkanes) is 36. The summed E-state index contributed by atoms with van der Waals surface area (Å²) in [5.74, 6) is -0.606. The first-order valence-electron chi connectivity index (χ1n) is 35.0. The minimum Gasteiger partial charge on any atom is -0.462 e. The molecule has 0 bridgehead atoms. The molecule has 0 radical (unpaired) electrons. The van der Waals surface area contributed by atoms with Crippen molar-refractivity contribution in [3.05, 3.63) is 0 Å². The zero-order chi connectivity index (χ0) is 63.6. The lowest BCUT2D eigenvalue weighted by Crippen LogP contribution is -2.30. The third-order valence-corrected chi connectivity index (χ3v) is 17.4. The average Bonchev–Trinajstić information content (AvgIpc) is 3.69. The Morgan fingerprint density at radius 1 is 0.314 bits per heavy atom. The number of hydrogen-bond acceptors (Lipinski definition) is 15. The van der Waals surface area contributed by atoms with E-state index >= 15 is 0 Å². The molecule has 0 aromatic heterocycles. The van der Waals surface area contributed by atoms with Gasteiger partial charge in [0, 0.05) is 25.7 Å². The highest BCUT2D eigenvalue weighted by atomic mass is 31.2. The van der Waals surface area contributed by atoms with E-state index in [9.17, 15) is 43.2 Å². The molecule has 17 nitrogen and oxygen atoms in total. The summed E-state index contributed by atoms with van der Waals surface area (Å²) in [7, 11) is -9.89. The Morgan fingerprint density at radius 3 is 0.791 bits per heavy atom. The summed E-state index contributed by atoms with van der Waals surface area (Å²) in [6.45, 7) is 9.49. The maximum Gasteiger partial charge on any atom is 0.472 e. The van der Waals surface area contributed by atoms with Gasteiger partial charge in [0.25, 0.3) is 0 Å². The minimum atomic E-state index is -4.95. The molecule has 0 aliphatic heterocycles. The van der Waals surface area contributed by atoms with Gasteiger partial charge in [-0.15, -0.1) is 0 Å². The molecule has 0 fully saturated rings. The van der Waals surface area contributed by atoms with E-state index in [-0.39, 0.29) is 25.7 Å². The summed E-state index contributed by atoms with van der Waals surface area (Å²) in [5.41, 5.74) is 0. The van der Waals surface area contributed by atoms with Crippen molar-refractivity contribution in [2.75, 3.05) is 39.6 Å². The standard InChI is InChI=1S/C67H130O17P2/c1-7-9-11-13-15-17-19-27-33-39-45-51-66(71)83-62(55-77-64(69)49-43-37-31-16-14-12-10-8-2)57-81-85(73,74)79-53-61(68)54-80-86(75,76)82-58-63(56-78-65(70)50-44-38-32-26-23-22-25-30-36-42-48-60(5)6)84-67(72)52-46-40-34-28-21-18-20-24-29-35-41-47-59(3)4/h59-63,68H,7-58H2,1-6H3,(H,73,74)(H,75,76)/t61-,62+,63+/m0/s1. The van der Waals surface area contributed by atoms with Crippen LogP contribution in [0.4, 0.5) is 0 Å². The quantitative estimate of drug-likeness (QED) is 0.0222. The van der Waals surface area contributed by atoms with Crippen LogP contribution in [-0.4, -0.2) is 96.7 Å². The number of esters is 4. The SMILES string of the molecule is CCCCCCCCCCCCCC(=O)O[C@H](COC(=O)CCCCCCCCCC)COP(=O)(O)OC[C@H](O)COP(=O)(O)OC[C@@H](COC(=O)CCCCCCCCCCCCC(C)C)OC(=O)CCCCCCCCCCCCCC(C)C. The summed E-state index contributed by atoms with van der Waals surface area (Å²) in [5, 5.41) is 10.6. The van der Waals surface area contributed by atoms with Gasteiger partial charge in [0.1, 0.15) is 19.3 Å². The fourth-order valence-electron chi connectivity index (χ4n) is 10.1. The average molecular weight is 1270 g/mol. The number of phosphoric acid groups is 2. The van der Waals surface area contributed by atoms with Gasteiger partial charge in [-0.05, 0) is 37.5 Å². The lowest BCUT2D eigenvalue weighted by Gasteiger charge is -2.21. The van der Waals surface area contributed by atoms with Gasteiger partial charge in [0.15, 0.2) is 12.2 Å². The summed E-state index contributed by atoms with van der Waals surface area (Å²) in [6, 6.07) is 0.